The fourth-order valence-corrected chi connectivity index (χ4v) is 3.11. The van der Waals surface area contributed by atoms with Crippen LogP contribution in [0.4, 0.5) is 11.5 Å². The predicted octanol–water partition coefficient (Wildman–Crippen LogP) is 5.81. The van der Waals surface area contributed by atoms with Crippen molar-refractivity contribution >= 4 is 38.3 Å². The summed E-state index contributed by atoms with van der Waals surface area (Å²) in [4.78, 5) is 9.51. The van der Waals surface area contributed by atoms with Gasteiger partial charge in [-0.15, -0.1) is 0 Å². The third-order valence-corrected chi connectivity index (χ3v) is 4.52. The van der Waals surface area contributed by atoms with E-state index >= 15 is 0 Å². The maximum Gasteiger partial charge on any atom is 0.162 e. The molecule has 5 heteroatoms. The molecule has 0 aliphatic heterocycles. The third kappa shape index (κ3) is 3.39. The summed E-state index contributed by atoms with van der Waals surface area (Å²) >= 11 is 3.53. The molecule has 0 unspecified atom stereocenters. The van der Waals surface area contributed by atoms with E-state index in [2.05, 4.69) is 21.2 Å². The van der Waals surface area contributed by atoms with Crippen molar-refractivity contribution < 1.29 is 4.74 Å². The van der Waals surface area contributed by atoms with Crippen molar-refractivity contribution in [2.75, 3.05) is 12.4 Å². The average Bonchev–Trinajstić information content (AvgIpc) is 2.69. The first-order chi connectivity index (χ1) is 12.7. The van der Waals surface area contributed by atoms with E-state index in [0.29, 0.717) is 5.82 Å². The Labute approximate surface area is 160 Å². The number of nitrogens with one attached hydrogen (secondary N) is 1. The monoisotopic (exact) mass is 405 g/mol. The Morgan fingerprint density at radius 2 is 1.73 bits per heavy atom. The minimum absolute atomic E-state index is 0.686. The number of rotatable bonds is 4. The van der Waals surface area contributed by atoms with Gasteiger partial charge in [-0.2, -0.15) is 0 Å². The van der Waals surface area contributed by atoms with Crippen molar-refractivity contribution in [1.82, 2.24) is 9.97 Å². The van der Waals surface area contributed by atoms with Crippen LogP contribution in [0.25, 0.3) is 22.3 Å². The number of fused-ring (bicyclic) bond motifs is 1. The van der Waals surface area contributed by atoms with Gasteiger partial charge in [-0.1, -0.05) is 52.3 Å². The molecule has 0 fully saturated rings. The van der Waals surface area contributed by atoms with Crippen LogP contribution in [0.1, 0.15) is 0 Å². The molecule has 4 aromatic rings. The van der Waals surface area contributed by atoms with Gasteiger partial charge in [0.25, 0.3) is 0 Å². The zero-order valence-corrected chi connectivity index (χ0v) is 15.7. The number of nitrogens with zero attached hydrogens (tertiary/aromatic N) is 2. The van der Waals surface area contributed by atoms with Gasteiger partial charge in [0.1, 0.15) is 11.6 Å². The van der Waals surface area contributed by atoms with Crippen molar-refractivity contribution in [3.63, 3.8) is 0 Å². The second kappa shape index (κ2) is 7.14. The quantitative estimate of drug-likeness (QED) is 0.465. The predicted molar refractivity (Wildman–Crippen MR) is 109 cm³/mol. The van der Waals surface area contributed by atoms with Crippen molar-refractivity contribution in [2.45, 2.75) is 0 Å². The molecule has 0 saturated heterocycles. The molecular formula is C21H16BrN3O. The summed E-state index contributed by atoms with van der Waals surface area (Å²) in [5.74, 6) is 2.23. The summed E-state index contributed by atoms with van der Waals surface area (Å²) in [6, 6.07) is 23.7. The molecule has 0 radical (unpaired) electrons. The highest BCUT2D eigenvalue weighted by molar-refractivity contribution is 9.10. The standard InChI is InChI=1S/C21H16BrN3O/c1-26-17-9-5-8-16(13-17)23-21-18-12-15(22)10-11-19(18)24-20(25-21)14-6-3-2-4-7-14/h2-13H,1H3,(H,23,24,25). The molecule has 4 nitrogen and oxygen atoms in total. The van der Waals surface area contributed by atoms with E-state index in [1.54, 1.807) is 7.11 Å². The van der Waals surface area contributed by atoms with Crippen molar-refractivity contribution in [1.29, 1.82) is 0 Å². The average molecular weight is 406 g/mol. The second-order valence-electron chi connectivity index (χ2n) is 5.78. The Morgan fingerprint density at radius 3 is 2.54 bits per heavy atom. The number of methoxy groups -OCH3 is 1. The fraction of sp³-hybridized carbons (Fsp3) is 0.0476. The first-order valence-corrected chi connectivity index (χ1v) is 8.96. The van der Waals surface area contributed by atoms with Crippen LogP contribution in [0.2, 0.25) is 0 Å². The summed E-state index contributed by atoms with van der Waals surface area (Å²) in [5.41, 5.74) is 2.77. The first-order valence-electron chi connectivity index (χ1n) is 8.17. The zero-order chi connectivity index (χ0) is 17.9. The molecule has 0 bridgehead atoms. The Bertz CT molecular complexity index is 1070. The van der Waals surface area contributed by atoms with Gasteiger partial charge in [0.2, 0.25) is 0 Å². The number of hydrogen-bond donors (Lipinski definition) is 1. The molecule has 0 atom stereocenters. The van der Waals surface area contributed by atoms with Crippen LogP contribution < -0.4 is 10.1 Å². The lowest BCUT2D eigenvalue weighted by atomic mass is 10.2. The molecule has 0 spiro atoms. The molecule has 3 aromatic carbocycles. The molecular weight excluding hydrogens is 390 g/mol. The smallest absolute Gasteiger partial charge is 0.162 e. The Balaban J connectivity index is 1.86. The summed E-state index contributed by atoms with van der Waals surface area (Å²) in [5, 5.41) is 4.35. The molecule has 1 heterocycles. The highest BCUT2D eigenvalue weighted by Gasteiger charge is 2.10. The minimum atomic E-state index is 0.686. The van der Waals surface area contributed by atoms with Gasteiger partial charge in [0, 0.05) is 27.2 Å². The lowest BCUT2D eigenvalue weighted by molar-refractivity contribution is 0.415. The molecule has 1 aromatic heterocycles. The van der Waals surface area contributed by atoms with Crippen LogP contribution in [0.3, 0.4) is 0 Å². The number of halogens is 1. The largest absolute Gasteiger partial charge is 0.497 e. The fourth-order valence-electron chi connectivity index (χ4n) is 2.75. The van der Waals surface area contributed by atoms with E-state index in [9.17, 15) is 0 Å². The summed E-state index contributed by atoms with van der Waals surface area (Å²) in [6.07, 6.45) is 0. The highest BCUT2D eigenvalue weighted by atomic mass is 79.9. The van der Waals surface area contributed by atoms with Crippen LogP contribution in [0, 0.1) is 0 Å². The molecule has 0 amide bonds. The van der Waals surface area contributed by atoms with Crippen LogP contribution in [-0.4, -0.2) is 17.1 Å². The second-order valence-corrected chi connectivity index (χ2v) is 6.70. The Kier molecular flexibility index (Phi) is 4.54. The molecule has 26 heavy (non-hydrogen) atoms. The van der Waals surface area contributed by atoms with Crippen LogP contribution in [0.15, 0.2) is 77.3 Å². The van der Waals surface area contributed by atoms with Crippen molar-refractivity contribution in [2.24, 2.45) is 0 Å². The lowest BCUT2D eigenvalue weighted by Gasteiger charge is -2.12. The van der Waals surface area contributed by atoms with Crippen molar-refractivity contribution in [3.05, 3.63) is 77.3 Å². The summed E-state index contributed by atoms with van der Waals surface area (Å²) in [6.45, 7) is 0. The molecule has 0 saturated carbocycles. The maximum atomic E-state index is 5.31. The molecule has 1 N–H and O–H groups in total. The molecule has 0 aliphatic carbocycles. The van der Waals surface area contributed by atoms with Crippen LogP contribution in [0.5, 0.6) is 5.75 Å². The topological polar surface area (TPSA) is 47.0 Å². The van der Waals surface area contributed by atoms with E-state index in [1.165, 1.54) is 0 Å². The SMILES string of the molecule is COc1cccc(Nc2nc(-c3ccccc3)nc3ccc(Br)cc23)c1. The van der Waals surface area contributed by atoms with Gasteiger partial charge in [-0.25, -0.2) is 9.97 Å². The van der Waals surface area contributed by atoms with Crippen LogP contribution >= 0.6 is 15.9 Å². The van der Waals surface area contributed by atoms with Crippen molar-refractivity contribution in [3.8, 4) is 17.1 Å². The van der Waals surface area contributed by atoms with E-state index in [1.807, 2.05) is 72.8 Å². The highest BCUT2D eigenvalue weighted by Crippen LogP contribution is 2.30. The van der Waals surface area contributed by atoms with Gasteiger partial charge >= 0.3 is 0 Å². The van der Waals surface area contributed by atoms with Gasteiger partial charge < -0.3 is 10.1 Å². The lowest BCUT2D eigenvalue weighted by Crippen LogP contribution is -1.99. The minimum Gasteiger partial charge on any atom is -0.497 e. The molecule has 4 rings (SSSR count). The zero-order valence-electron chi connectivity index (χ0n) is 14.1. The normalized spacial score (nSPS) is 10.7. The van der Waals surface area contributed by atoms with Gasteiger partial charge in [-0.05, 0) is 30.3 Å². The summed E-state index contributed by atoms with van der Waals surface area (Å²) < 4.78 is 6.29. The van der Waals surface area contributed by atoms with Crippen LogP contribution in [-0.2, 0) is 0 Å². The number of aromatic nitrogens is 2. The van der Waals surface area contributed by atoms with E-state index < -0.39 is 0 Å². The number of ether oxygens (including phenoxy) is 1. The van der Waals surface area contributed by atoms with E-state index in [-0.39, 0.29) is 0 Å². The van der Waals surface area contributed by atoms with E-state index in [0.717, 1.165) is 38.2 Å². The molecule has 128 valence electrons. The van der Waals surface area contributed by atoms with E-state index in [4.69, 9.17) is 14.7 Å². The summed E-state index contributed by atoms with van der Waals surface area (Å²) in [7, 11) is 1.66. The Hall–Kier alpha value is -2.92. The molecule has 0 aliphatic rings. The number of anilines is 2. The van der Waals surface area contributed by atoms with Gasteiger partial charge in [0.15, 0.2) is 5.82 Å². The third-order valence-electron chi connectivity index (χ3n) is 4.02. The number of benzene rings is 3. The Morgan fingerprint density at radius 1 is 0.885 bits per heavy atom. The first kappa shape index (κ1) is 16.5. The van der Waals surface area contributed by atoms with Gasteiger partial charge in [-0.3, -0.25) is 0 Å². The van der Waals surface area contributed by atoms with Gasteiger partial charge in [0.05, 0.1) is 12.6 Å². The maximum absolute atomic E-state index is 5.31. The number of hydrogen-bond acceptors (Lipinski definition) is 4.